The standard InChI is InChI=1S/C12H19N/c1-2-6-11(7-3-1)12-8-4-5-9-13-10-12/h1-3,6,11-13H,4-5,7-10H2. The van der Waals surface area contributed by atoms with Gasteiger partial charge in [0.15, 0.2) is 0 Å². The summed E-state index contributed by atoms with van der Waals surface area (Å²) >= 11 is 0. The van der Waals surface area contributed by atoms with Crippen molar-refractivity contribution in [2.24, 2.45) is 11.8 Å². The zero-order valence-electron chi connectivity index (χ0n) is 8.21. The predicted molar refractivity (Wildman–Crippen MR) is 56.6 cm³/mol. The molecule has 0 radical (unpaired) electrons. The quantitative estimate of drug-likeness (QED) is 0.649. The van der Waals surface area contributed by atoms with Crippen LogP contribution in [0, 0.1) is 11.8 Å². The van der Waals surface area contributed by atoms with E-state index in [-0.39, 0.29) is 0 Å². The van der Waals surface area contributed by atoms with E-state index in [9.17, 15) is 0 Å². The van der Waals surface area contributed by atoms with Crippen LogP contribution in [0.25, 0.3) is 0 Å². The normalized spacial score (nSPS) is 34.5. The van der Waals surface area contributed by atoms with Gasteiger partial charge in [0, 0.05) is 0 Å². The number of rotatable bonds is 1. The van der Waals surface area contributed by atoms with Gasteiger partial charge in [0.1, 0.15) is 0 Å². The van der Waals surface area contributed by atoms with Crippen LogP contribution in [0.4, 0.5) is 0 Å². The van der Waals surface area contributed by atoms with Gasteiger partial charge in [-0.3, -0.25) is 0 Å². The molecule has 0 aromatic heterocycles. The van der Waals surface area contributed by atoms with Gasteiger partial charge in [0.25, 0.3) is 0 Å². The first kappa shape index (κ1) is 9.01. The maximum atomic E-state index is 3.54. The van der Waals surface area contributed by atoms with Gasteiger partial charge in [-0.2, -0.15) is 0 Å². The van der Waals surface area contributed by atoms with Crippen LogP contribution in [0.1, 0.15) is 25.7 Å². The SMILES string of the molecule is C1=CCC(C2CCCCNC2)C=C1. The van der Waals surface area contributed by atoms with Crippen molar-refractivity contribution in [3.8, 4) is 0 Å². The average molecular weight is 177 g/mol. The minimum atomic E-state index is 0.801. The Bertz CT molecular complexity index is 197. The van der Waals surface area contributed by atoms with Crippen LogP contribution in [0.5, 0.6) is 0 Å². The molecule has 2 rings (SSSR count). The van der Waals surface area contributed by atoms with Crippen molar-refractivity contribution < 1.29 is 0 Å². The molecule has 1 aliphatic heterocycles. The minimum Gasteiger partial charge on any atom is -0.316 e. The van der Waals surface area contributed by atoms with Crippen LogP contribution < -0.4 is 5.32 Å². The lowest BCUT2D eigenvalue weighted by atomic mass is 9.84. The Morgan fingerprint density at radius 1 is 1.15 bits per heavy atom. The Balaban J connectivity index is 1.90. The van der Waals surface area contributed by atoms with E-state index < -0.39 is 0 Å². The highest BCUT2D eigenvalue weighted by Gasteiger charge is 2.19. The third-order valence-electron chi connectivity index (χ3n) is 3.20. The third-order valence-corrected chi connectivity index (χ3v) is 3.20. The fourth-order valence-corrected chi connectivity index (χ4v) is 2.36. The van der Waals surface area contributed by atoms with E-state index >= 15 is 0 Å². The van der Waals surface area contributed by atoms with E-state index in [2.05, 4.69) is 29.6 Å². The van der Waals surface area contributed by atoms with Gasteiger partial charge >= 0.3 is 0 Å². The van der Waals surface area contributed by atoms with E-state index in [4.69, 9.17) is 0 Å². The Morgan fingerprint density at radius 3 is 3.00 bits per heavy atom. The van der Waals surface area contributed by atoms with E-state index in [1.54, 1.807) is 0 Å². The molecule has 1 saturated heterocycles. The van der Waals surface area contributed by atoms with E-state index in [1.807, 2.05) is 0 Å². The van der Waals surface area contributed by atoms with Crippen molar-refractivity contribution >= 4 is 0 Å². The monoisotopic (exact) mass is 177 g/mol. The Kier molecular flexibility index (Phi) is 3.20. The van der Waals surface area contributed by atoms with E-state index in [0.717, 1.165) is 11.8 Å². The van der Waals surface area contributed by atoms with Gasteiger partial charge < -0.3 is 5.32 Å². The molecule has 0 saturated carbocycles. The summed E-state index contributed by atoms with van der Waals surface area (Å²) in [5.41, 5.74) is 0. The van der Waals surface area contributed by atoms with Gasteiger partial charge in [-0.05, 0) is 44.2 Å². The molecule has 1 fully saturated rings. The smallest absolute Gasteiger partial charge is 0.00148 e. The molecule has 13 heavy (non-hydrogen) atoms. The van der Waals surface area contributed by atoms with Crippen LogP contribution in [0.15, 0.2) is 24.3 Å². The van der Waals surface area contributed by atoms with Crippen LogP contribution in [-0.2, 0) is 0 Å². The summed E-state index contributed by atoms with van der Waals surface area (Å²) in [6, 6.07) is 0. The summed E-state index contributed by atoms with van der Waals surface area (Å²) in [6.07, 6.45) is 14.5. The zero-order valence-corrected chi connectivity index (χ0v) is 8.21. The zero-order chi connectivity index (χ0) is 8.93. The highest BCUT2D eigenvalue weighted by Crippen LogP contribution is 2.26. The fourth-order valence-electron chi connectivity index (χ4n) is 2.36. The van der Waals surface area contributed by atoms with Gasteiger partial charge in [-0.15, -0.1) is 0 Å². The first-order valence-electron chi connectivity index (χ1n) is 5.51. The van der Waals surface area contributed by atoms with Crippen molar-refractivity contribution in [2.75, 3.05) is 13.1 Å². The molecule has 2 aliphatic rings. The first-order valence-corrected chi connectivity index (χ1v) is 5.51. The van der Waals surface area contributed by atoms with E-state index in [0.29, 0.717) is 0 Å². The molecule has 0 aromatic rings. The molecule has 2 unspecified atom stereocenters. The van der Waals surface area contributed by atoms with Gasteiger partial charge in [0.2, 0.25) is 0 Å². The first-order chi connectivity index (χ1) is 6.47. The molecule has 1 nitrogen and oxygen atoms in total. The Hall–Kier alpha value is -0.560. The Morgan fingerprint density at radius 2 is 2.15 bits per heavy atom. The number of hydrogen-bond acceptors (Lipinski definition) is 1. The molecule has 1 heterocycles. The third kappa shape index (κ3) is 2.44. The van der Waals surface area contributed by atoms with Crippen molar-refractivity contribution in [1.29, 1.82) is 0 Å². The Labute approximate surface area is 80.9 Å². The minimum absolute atomic E-state index is 0.801. The molecule has 0 aromatic carbocycles. The summed E-state index contributed by atoms with van der Waals surface area (Å²) in [5.74, 6) is 1.68. The summed E-state index contributed by atoms with van der Waals surface area (Å²) < 4.78 is 0. The molecule has 2 atom stereocenters. The number of hydrogen-bond donors (Lipinski definition) is 1. The summed E-state index contributed by atoms with van der Waals surface area (Å²) in [7, 11) is 0. The highest BCUT2D eigenvalue weighted by atomic mass is 14.9. The lowest BCUT2D eigenvalue weighted by Gasteiger charge is -2.23. The van der Waals surface area contributed by atoms with Crippen LogP contribution in [-0.4, -0.2) is 13.1 Å². The van der Waals surface area contributed by atoms with Crippen LogP contribution in [0.2, 0.25) is 0 Å². The van der Waals surface area contributed by atoms with Crippen molar-refractivity contribution in [2.45, 2.75) is 25.7 Å². The topological polar surface area (TPSA) is 12.0 Å². The molecular weight excluding hydrogens is 158 g/mol. The van der Waals surface area contributed by atoms with Gasteiger partial charge in [-0.1, -0.05) is 30.7 Å². The van der Waals surface area contributed by atoms with Crippen molar-refractivity contribution in [3.05, 3.63) is 24.3 Å². The second-order valence-corrected chi connectivity index (χ2v) is 4.17. The molecule has 0 amide bonds. The second kappa shape index (κ2) is 4.61. The fraction of sp³-hybridized carbons (Fsp3) is 0.667. The molecular formula is C12H19N. The molecule has 0 spiro atoms. The van der Waals surface area contributed by atoms with Crippen LogP contribution >= 0.6 is 0 Å². The maximum Gasteiger partial charge on any atom is -0.00148 e. The lowest BCUT2D eigenvalue weighted by Crippen LogP contribution is -2.25. The molecule has 1 N–H and O–H groups in total. The summed E-state index contributed by atoms with van der Waals surface area (Å²) in [5, 5.41) is 3.54. The van der Waals surface area contributed by atoms with Crippen LogP contribution in [0.3, 0.4) is 0 Å². The molecule has 1 heteroatoms. The number of nitrogens with one attached hydrogen (secondary N) is 1. The second-order valence-electron chi connectivity index (χ2n) is 4.17. The summed E-state index contributed by atoms with van der Waals surface area (Å²) in [4.78, 5) is 0. The van der Waals surface area contributed by atoms with Crippen molar-refractivity contribution in [3.63, 3.8) is 0 Å². The van der Waals surface area contributed by atoms with Crippen molar-refractivity contribution in [1.82, 2.24) is 5.32 Å². The lowest BCUT2D eigenvalue weighted by molar-refractivity contribution is 0.367. The number of allylic oxidation sites excluding steroid dienone is 4. The maximum absolute atomic E-state index is 3.54. The average Bonchev–Trinajstić information content (AvgIpc) is 2.47. The molecule has 1 aliphatic carbocycles. The highest BCUT2D eigenvalue weighted by molar-refractivity contribution is 5.12. The molecule has 0 bridgehead atoms. The largest absolute Gasteiger partial charge is 0.316 e. The van der Waals surface area contributed by atoms with E-state index in [1.165, 1.54) is 38.8 Å². The predicted octanol–water partition coefficient (Wildman–Crippen LogP) is 2.51. The molecule has 72 valence electrons. The van der Waals surface area contributed by atoms with Gasteiger partial charge in [0.05, 0.1) is 0 Å². The summed E-state index contributed by atoms with van der Waals surface area (Å²) in [6.45, 7) is 2.45. The van der Waals surface area contributed by atoms with Gasteiger partial charge in [-0.25, -0.2) is 0 Å².